The molecular weight excluding hydrogens is 452 g/mol. The molecule has 1 saturated carbocycles. The van der Waals surface area contributed by atoms with Gasteiger partial charge in [0, 0.05) is 23.7 Å². The normalized spacial score (nSPS) is 19.8. The van der Waals surface area contributed by atoms with Crippen LogP contribution in [0.1, 0.15) is 67.9 Å². The van der Waals surface area contributed by atoms with Gasteiger partial charge in [0.15, 0.2) is 0 Å². The Labute approximate surface area is 188 Å². The molecule has 1 aromatic carbocycles. The first kappa shape index (κ1) is 26.9. The molecule has 1 fully saturated rings. The fourth-order valence-electron chi connectivity index (χ4n) is 3.70. The van der Waals surface area contributed by atoms with E-state index in [4.69, 9.17) is 0 Å². The molecule has 0 atom stereocenters. The molecule has 33 heavy (non-hydrogen) atoms. The number of benzene rings is 1. The number of carbonyl (C=O) groups is 2. The summed E-state index contributed by atoms with van der Waals surface area (Å²) in [6.45, 7) is 5.98. The Morgan fingerprint density at radius 2 is 1.39 bits per heavy atom. The summed E-state index contributed by atoms with van der Waals surface area (Å²) in [7, 11) is 0. The van der Waals surface area contributed by atoms with Gasteiger partial charge in [0.2, 0.25) is 5.91 Å². The quantitative estimate of drug-likeness (QED) is 0.524. The lowest BCUT2D eigenvalue weighted by atomic mass is 9.86. The highest BCUT2D eigenvalue weighted by atomic mass is 19.4. The van der Waals surface area contributed by atoms with E-state index < -0.39 is 35.0 Å². The summed E-state index contributed by atoms with van der Waals surface area (Å²) >= 11 is 0. The maximum atomic E-state index is 13.0. The van der Waals surface area contributed by atoms with Crippen LogP contribution in [0.3, 0.4) is 0 Å². The van der Waals surface area contributed by atoms with E-state index in [1.807, 2.05) is 20.8 Å². The average molecular weight is 481 g/mol. The summed E-state index contributed by atoms with van der Waals surface area (Å²) in [5, 5.41) is 8.49. The fraction of sp³-hybridized carbons (Fsp3) is 0.636. The lowest BCUT2D eigenvalue weighted by Crippen LogP contribution is -2.47. The van der Waals surface area contributed by atoms with E-state index in [1.165, 1.54) is 0 Å². The monoisotopic (exact) mass is 481 g/mol. The SMILES string of the molecule is CC(C)(C)NC(=O)CN[C@H]1CC[C@H](CNC(=O)c2cc(C(F)(F)F)cc(C(F)(F)F)c2)CC1. The van der Waals surface area contributed by atoms with Crippen molar-refractivity contribution in [3.63, 3.8) is 0 Å². The second-order valence-electron chi connectivity index (χ2n) is 9.40. The van der Waals surface area contributed by atoms with Crippen molar-refractivity contribution in [3.8, 4) is 0 Å². The minimum absolute atomic E-state index is 0.00713. The molecule has 11 heteroatoms. The Hall–Kier alpha value is -2.30. The number of nitrogens with one attached hydrogen (secondary N) is 3. The summed E-state index contributed by atoms with van der Waals surface area (Å²) in [6.07, 6.45) is -7.13. The molecular formula is C22H29F6N3O2. The molecule has 1 aromatic rings. The van der Waals surface area contributed by atoms with Crippen molar-refractivity contribution in [1.29, 1.82) is 0 Å². The van der Waals surface area contributed by atoms with E-state index in [9.17, 15) is 35.9 Å². The number of alkyl halides is 6. The molecule has 0 heterocycles. The Bertz CT molecular complexity index is 806. The molecule has 2 amide bonds. The van der Waals surface area contributed by atoms with Crippen LogP contribution in [0, 0.1) is 5.92 Å². The first-order valence-electron chi connectivity index (χ1n) is 10.7. The highest BCUT2D eigenvalue weighted by Crippen LogP contribution is 2.36. The number of hydrogen-bond acceptors (Lipinski definition) is 3. The zero-order valence-corrected chi connectivity index (χ0v) is 18.7. The maximum absolute atomic E-state index is 13.0. The fourth-order valence-corrected chi connectivity index (χ4v) is 3.70. The largest absolute Gasteiger partial charge is 0.416 e. The summed E-state index contributed by atoms with van der Waals surface area (Å²) in [5.41, 5.74) is -4.05. The number of hydrogen-bond donors (Lipinski definition) is 3. The van der Waals surface area contributed by atoms with Crippen LogP contribution in [0.15, 0.2) is 18.2 Å². The molecule has 0 spiro atoms. The van der Waals surface area contributed by atoms with Gasteiger partial charge in [-0.25, -0.2) is 0 Å². The van der Waals surface area contributed by atoms with Gasteiger partial charge in [0.05, 0.1) is 17.7 Å². The second-order valence-corrected chi connectivity index (χ2v) is 9.40. The van der Waals surface area contributed by atoms with Crippen molar-refractivity contribution in [2.45, 2.75) is 70.4 Å². The van der Waals surface area contributed by atoms with E-state index in [2.05, 4.69) is 16.0 Å². The molecule has 0 aromatic heterocycles. The standard InChI is InChI=1S/C22H29F6N3O2/c1-20(2,3)31-18(32)12-29-17-6-4-13(5-7-17)11-30-19(33)14-8-15(21(23,24)25)10-16(9-14)22(26,27)28/h8-10,13,17,29H,4-7,11-12H2,1-3H3,(H,30,33)(H,31,32)/t13-,17-. The van der Waals surface area contributed by atoms with Gasteiger partial charge >= 0.3 is 12.4 Å². The lowest BCUT2D eigenvalue weighted by molar-refractivity contribution is -0.143. The Morgan fingerprint density at radius 1 is 0.879 bits per heavy atom. The predicted octanol–water partition coefficient (Wildman–Crippen LogP) is 4.52. The van der Waals surface area contributed by atoms with Crippen molar-refractivity contribution >= 4 is 11.8 Å². The molecule has 5 nitrogen and oxygen atoms in total. The van der Waals surface area contributed by atoms with Crippen LogP contribution < -0.4 is 16.0 Å². The molecule has 0 aliphatic heterocycles. The summed E-state index contributed by atoms with van der Waals surface area (Å²) < 4.78 is 77.9. The van der Waals surface area contributed by atoms with E-state index in [0.29, 0.717) is 25.0 Å². The van der Waals surface area contributed by atoms with E-state index in [0.717, 1.165) is 12.8 Å². The first-order valence-corrected chi connectivity index (χ1v) is 10.7. The van der Waals surface area contributed by atoms with Crippen LogP contribution in [0.4, 0.5) is 26.3 Å². The number of rotatable bonds is 6. The predicted molar refractivity (Wildman–Crippen MR) is 110 cm³/mol. The van der Waals surface area contributed by atoms with Crippen molar-refractivity contribution in [2.24, 2.45) is 5.92 Å². The van der Waals surface area contributed by atoms with Gasteiger partial charge in [0.25, 0.3) is 5.91 Å². The minimum atomic E-state index is -5.01. The molecule has 1 aliphatic rings. The van der Waals surface area contributed by atoms with E-state index >= 15 is 0 Å². The molecule has 0 saturated heterocycles. The number of halogens is 6. The van der Waals surface area contributed by atoms with Gasteiger partial charge in [-0.05, 0) is 70.6 Å². The average Bonchev–Trinajstić information content (AvgIpc) is 2.68. The number of carbonyl (C=O) groups excluding carboxylic acids is 2. The van der Waals surface area contributed by atoms with Gasteiger partial charge < -0.3 is 16.0 Å². The van der Waals surface area contributed by atoms with E-state index in [-0.39, 0.29) is 42.6 Å². The zero-order valence-electron chi connectivity index (χ0n) is 18.7. The molecule has 1 aliphatic carbocycles. The summed E-state index contributed by atoms with van der Waals surface area (Å²) in [6, 6.07) is 0.968. The zero-order chi connectivity index (χ0) is 25.0. The Morgan fingerprint density at radius 3 is 1.85 bits per heavy atom. The summed E-state index contributed by atoms with van der Waals surface area (Å²) in [5.74, 6) is -1.05. The van der Waals surface area contributed by atoms with Gasteiger partial charge in [0.1, 0.15) is 0 Å². The van der Waals surface area contributed by atoms with Crippen molar-refractivity contribution in [3.05, 3.63) is 34.9 Å². The van der Waals surface area contributed by atoms with Gasteiger partial charge in [-0.3, -0.25) is 9.59 Å². The Balaban J connectivity index is 1.88. The molecule has 0 bridgehead atoms. The molecule has 3 N–H and O–H groups in total. The van der Waals surface area contributed by atoms with Crippen LogP contribution in [-0.2, 0) is 17.1 Å². The molecule has 0 radical (unpaired) electrons. The van der Waals surface area contributed by atoms with Crippen LogP contribution in [0.2, 0.25) is 0 Å². The van der Waals surface area contributed by atoms with Crippen LogP contribution in [0.5, 0.6) is 0 Å². The smallest absolute Gasteiger partial charge is 0.352 e. The third-order valence-corrected chi connectivity index (χ3v) is 5.31. The molecule has 0 unspecified atom stereocenters. The van der Waals surface area contributed by atoms with Crippen molar-refractivity contribution < 1.29 is 35.9 Å². The molecule has 186 valence electrons. The van der Waals surface area contributed by atoms with E-state index in [1.54, 1.807) is 0 Å². The van der Waals surface area contributed by atoms with Crippen LogP contribution in [0.25, 0.3) is 0 Å². The second kappa shape index (κ2) is 10.3. The highest BCUT2D eigenvalue weighted by Gasteiger charge is 2.37. The summed E-state index contributed by atoms with van der Waals surface area (Å²) in [4.78, 5) is 24.2. The lowest BCUT2D eigenvalue weighted by Gasteiger charge is -2.29. The highest BCUT2D eigenvalue weighted by molar-refractivity contribution is 5.94. The third kappa shape index (κ3) is 8.87. The first-order chi connectivity index (χ1) is 15.0. The minimum Gasteiger partial charge on any atom is -0.352 e. The van der Waals surface area contributed by atoms with Crippen LogP contribution >= 0.6 is 0 Å². The van der Waals surface area contributed by atoms with Crippen molar-refractivity contribution in [2.75, 3.05) is 13.1 Å². The van der Waals surface area contributed by atoms with Gasteiger partial charge in [-0.1, -0.05) is 0 Å². The van der Waals surface area contributed by atoms with Crippen molar-refractivity contribution in [1.82, 2.24) is 16.0 Å². The van der Waals surface area contributed by atoms with Crippen LogP contribution in [-0.4, -0.2) is 36.5 Å². The van der Waals surface area contributed by atoms with Gasteiger partial charge in [-0.15, -0.1) is 0 Å². The van der Waals surface area contributed by atoms with Gasteiger partial charge in [-0.2, -0.15) is 26.3 Å². The molecule has 2 rings (SSSR count). The Kier molecular flexibility index (Phi) is 8.42. The number of amides is 2. The third-order valence-electron chi connectivity index (χ3n) is 5.31. The topological polar surface area (TPSA) is 70.2 Å². The maximum Gasteiger partial charge on any atom is 0.416 e.